The highest BCUT2D eigenvalue weighted by Gasteiger charge is 2.26. The van der Waals surface area contributed by atoms with Crippen molar-refractivity contribution < 1.29 is 9.53 Å². The molecular weight excluding hydrogens is 314 g/mol. The molecule has 1 aromatic carbocycles. The lowest BCUT2D eigenvalue weighted by Gasteiger charge is -2.33. The molecule has 2 aliphatic heterocycles. The van der Waals surface area contributed by atoms with Crippen molar-refractivity contribution in [1.82, 2.24) is 15.5 Å². The fraction of sp³-hybridized carbons (Fsp3) is 0.650. The quantitative estimate of drug-likeness (QED) is 0.879. The van der Waals surface area contributed by atoms with E-state index in [1.165, 1.54) is 17.5 Å². The third kappa shape index (κ3) is 4.33. The second-order valence-corrected chi connectivity index (χ2v) is 7.80. The van der Waals surface area contributed by atoms with Crippen LogP contribution >= 0.6 is 0 Å². The van der Waals surface area contributed by atoms with E-state index in [4.69, 9.17) is 4.74 Å². The summed E-state index contributed by atoms with van der Waals surface area (Å²) in [5, 5.41) is 6.35. The maximum absolute atomic E-state index is 12.3. The first kappa shape index (κ1) is 16.9. The molecule has 136 valence electrons. The lowest BCUT2D eigenvalue weighted by molar-refractivity contribution is 0.147. The maximum Gasteiger partial charge on any atom is 0.315 e. The fourth-order valence-corrected chi connectivity index (χ4v) is 4.43. The molecule has 4 rings (SSSR count). The standard InChI is InChI=1S/C20H29N3O2/c24-20(22-19-11-16-3-1-2-4-17(16)12-19)21-18-5-8-23(9-6-18)13-15-7-10-25-14-15/h1-4,15,18-19H,5-14H2,(H2,21,22,24)/t15-/m0/s1. The van der Waals surface area contributed by atoms with Gasteiger partial charge in [-0.25, -0.2) is 4.79 Å². The van der Waals surface area contributed by atoms with Crippen LogP contribution in [0.5, 0.6) is 0 Å². The summed E-state index contributed by atoms with van der Waals surface area (Å²) in [5.74, 6) is 0.705. The Labute approximate surface area is 150 Å². The smallest absolute Gasteiger partial charge is 0.315 e. The summed E-state index contributed by atoms with van der Waals surface area (Å²) >= 11 is 0. The lowest BCUT2D eigenvalue weighted by Crippen LogP contribution is -2.50. The minimum absolute atomic E-state index is 0.000416. The average Bonchev–Trinajstić information content (AvgIpc) is 3.25. The van der Waals surface area contributed by atoms with Gasteiger partial charge in [0.2, 0.25) is 0 Å². The van der Waals surface area contributed by atoms with Gasteiger partial charge in [-0.15, -0.1) is 0 Å². The summed E-state index contributed by atoms with van der Waals surface area (Å²) in [5.41, 5.74) is 2.74. The Morgan fingerprint density at radius 1 is 1.04 bits per heavy atom. The molecule has 5 nitrogen and oxygen atoms in total. The van der Waals surface area contributed by atoms with Crippen LogP contribution in [0, 0.1) is 5.92 Å². The second-order valence-electron chi connectivity index (χ2n) is 7.80. The summed E-state index contributed by atoms with van der Waals surface area (Å²) in [6.45, 7) is 5.16. The van der Waals surface area contributed by atoms with Gasteiger partial charge in [-0.1, -0.05) is 24.3 Å². The van der Waals surface area contributed by atoms with E-state index < -0.39 is 0 Å². The van der Waals surface area contributed by atoms with E-state index in [9.17, 15) is 4.79 Å². The molecule has 0 saturated carbocycles. The predicted octanol–water partition coefficient (Wildman–Crippen LogP) is 1.95. The summed E-state index contributed by atoms with van der Waals surface area (Å²) in [6, 6.07) is 9.03. The van der Waals surface area contributed by atoms with Crippen LogP contribution in [0.15, 0.2) is 24.3 Å². The number of ether oxygens (including phenoxy) is 1. The van der Waals surface area contributed by atoms with Crippen molar-refractivity contribution in [2.45, 2.75) is 44.2 Å². The van der Waals surface area contributed by atoms with E-state index in [2.05, 4.69) is 39.8 Å². The highest BCUT2D eigenvalue weighted by Crippen LogP contribution is 2.22. The molecule has 3 aliphatic rings. The number of amides is 2. The molecule has 2 amide bonds. The number of fused-ring (bicyclic) bond motifs is 1. The molecule has 0 radical (unpaired) electrons. The topological polar surface area (TPSA) is 53.6 Å². The Bertz CT molecular complexity index is 567. The number of hydrogen-bond acceptors (Lipinski definition) is 3. The number of carbonyl (C=O) groups is 1. The molecule has 2 saturated heterocycles. The van der Waals surface area contributed by atoms with Crippen LogP contribution in [0.2, 0.25) is 0 Å². The first-order chi connectivity index (χ1) is 12.3. The number of hydrogen-bond donors (Lipinski definition) is 2. The number of piperidine rings is 1. The molecule has 0 aromatic heterocycles. The SMILES string of the molecule is O=C(NC1CCN(C[C@@H]2CCOC2)CC1)NC1Cc2ccccc2C1. The van der Waals surface area contributed by atoms with E-state index in [1.54, 1.807) is 0 Å². The van der Waals surface area contributed by atoms with E-state index in [0.29, 0.717) is 12.0 Å². The Morgan fingerprint density at radius 2 is 1.72 bits per heavy atom. The van der Waals surface area contributed by atoms with Crippen LogP contribution in [-0.2, 0) is 17.6 Å². The van der Waals surface area contributed by atoms with Gasteiger partial charge >= 0.3 is 6.03 Å². The monoisotopic (exact) mass is 343 g/mol. The van der Waals surface area contributed by atoms with Crippen LogP contribution in [0.4, 0.5) is 4.79 Å². The van der Waals surface area contributed by atoms with E-state index in [0.717, 1.165) is 58.5 Å². The van der Waals surface area contributed by atoms with Crippen molar-refractivity contribution in [3.63, 3.8) is 0 Å². The minimum Gasteiger partial charge on any atom is -0.381 e. The van der Waals surface area contributed by atoms with Crippen molar-refractivity contribution in [2.75, 3.05) is 32.8 Å². The van der Waals surface area contributed by atoms with Gasteiger partial charge in [-0.05, 0) is 49.1 Å². The van der Waals surface area contributed by atoms with E-state index >= 15 is 0 Å². The van der Waals surface area contributed by atoms with Crippen LogP contribution in [0.25, 0.3) is 0 Å². The first-order valence-corrected chi connectivity index (χ1v) is 9.70. The van der Waals surface area contributed by atoms with E-state index in [1.807, 2.05) is 0 Å². The number of benzene rings is 1. The van der Waals surface area contributed by atoms with E-state index in [-0.39, 0.29) is 12.1 Å². The number of nitrogens with zero attached hydrogens (tertiary/aromatic N) is 1. The number of likely N-dealkylation sites (tertiary alicyclic amines) is 1. The molecule has 0 unspecified atom stereocenters. The van der Waals surface area contributed by atoms with Crippen LogP contribution in [0.1, 0.15) is 30.4 Å². The summed E-state index contributed by atoms with van der Waals surface area (Å²) < 4.78 is 5.47. The molecule has 1 aliphatic carbocycles. The number of carbonyl (C=O) groups excluding carboxylic acids is 1. The summed E-state index contributed by atoms with van der Waals surface area (Å²) in [6.07, 6.45) is 5.19. The zero-order chi connectivity index (χ0) is 17.1. The molecule has 25 heavy (non-hydrogen) atoms. The van der Waals surface area contributed by atoms with Gasteiger partial charge in [0, 0.05) is 38.3 Å². The number of urea groups is 1. The van der Waals surface area contributed by atoms with Gasteiger partial charge in [0.15, 0.2) is 0 Å². The number of nitrogens with one attached hydrogen (secondary N) is 2. The minimum atomic E-state index is 0.000416. The van der Waals surface area contributed by atoms with Crippen LogP contribution < -0.4 is 10.6 Å². The Hall–Kier alpha value is -1.59. The molecule has 2 heterocycles. The maximum atomic E-state index is 12.3. The van der Waals surface area contributed by atoms with Crippen molar-refractivity contribution in [2.24, 2.45) is 5.92 Å². The van der Waals surface area contributed by atoms with Crippen molar-refractivity contribution in [3.05, 3.63) is 35.4 Å². The Morgan fingerprint density at radius 3 is 2.36 bits per heavy atom. The zero-order valence-electron chi connectivity index (χ0n) is 14.9. The second kappa shape index (κ2) is 7.75. The van der Waals surface area contributed by atoms with Crippen molar-refractivity contribution in [3.8, 4) is 0 Å². The molecule has 0 bridgehead atoms. The average molecular weight is 343 g/mol. The molecule has 2 N–H and O–H groups in total. The molecule has 1 atom stereocenters. The van der Waals surface area contributed by atoms with Crippen LogP contribution in [-0.4, -0.2) is 55.9 Å². The summed E-state index contributed by atoms with van der Waals surface area (Å²) in [4.78, 5) is 14.9. The molecule has 0 spiro atoms. The van der Waals surface area contributed by atoms with Gasteiger partial charge in [-0.2, -0.15) is 0 Å². The van der Waals surface area contributed by atoms with Crippen molar-refractivity contribution in [1.29, 1.82) is 0 Å². The van der Waals surface area contributed by atoms with Gasteiger partial charge in [0.25, 0.3) is 0 Å². The Balaban J connectivity index is 1.17. The highest BCUT2D eigenvalue weighted by molar-refractivity contribution is 5.74. The van der Waals surface area contributed by atoms with Gasteiger partial charge in [0.05, 0.1) is 6.61 Å². The third-order valence-electron chi connectivity index (χ3n) is 5.85. The zero-order valence-corrected chi connectivity index (χ0v) is 14.9. The van der Waals surface area contributed by atoms with Gasteiger partial charge < -0.3 is 20.3 Å². The van der Waals surface area contributed by atoms with Gasteiger partial charge in [-0.3, -0.25) is 0 Å². The lowest BCUT2D eigenvalue weighted by atomic mass is 10.0. The highest BCUT2D eigenvalue weighted by atomic mass is 16.5. The van der Waals surface area contributed by atoms with Crippen LogP contribution in [0.3, 0.4) is 0 Å². The predicted molar refractivity (Wildman–Crippen MR) is 97.7 cm³/mol. The molecule has 1 aromatic rings. The normalized spacial score (nSPS) is 25.0. The number of rotatable bonds is 4. The molecule has 2 fully saturated rings. The summed E-state index contributed by atoms with van der Waals surface area (Å²) in [7, 11) is 0. The first-order valence-electron chi connectivity index (χ1n) is 9.70. The van der Waals surface area contributed by atoms with Gasteiger partial charge in [0.1, 0.15) is 0 Å². The largest absolute Gasteiger partial charge is 0.381 e. The fourth-order valence-electron chi connectivity index (χ4n) is 4.43. The third-order valence-corrected chi connectivity index (χ3v) is 5.85. The Kier molecular flexibility index (Phi) is 5.22. The van der Waals surface area contributed by atoms with Crippen molar-refractivity contribution >= 4 is 6.03 Å². The molecular formula is C20H29N3O2. The molecule has 5 heteroatoms.